The van der Waals surface area contributed by atoms with Gasteiger partial charge in [-0.25, -0.2) is 4.79 Å². The van der Waals surface area contributed by atoms with Crippen LogP contribution in [0.5, 0.6) is 17.2 Å². The topological polar surface area (TPSA) is 94.3 Å². The van der Waals surface area contributed by atoms with E-state index in [9.17, 15) is 4.79 Å². The average Bonchev–Trinajstić information content (AvgIpc) is 3.30. The molecule has 0 unspecified atom stereocenters. The van der Waals surface area contributed by atoms with Crippen LogP contribution in [-0.4, -0.2) is 31.5 Å². The minimum atomic E-state index is -0.615. The number of nitrogens with one attached hydrogen (secondary N) is 2. The highest BCUT2D eigenvalue weighted by Gasteiger charge is 2.14. The number of carbonyl (C=O) groups is 1. The molecular weight excluding hydrogens is 406 g/mol. The Morgan fingerprint density at radius 2 is 1.93 bits per heavy atom. The van der Waals surface area contributed by atoms with E-state index < -0.39 is 5.97 Å². The van der Waals surface area contributed by atoms with Gasteiger partial charge in [-0.15, -0.1) is 0 Å². The second-order valence-electron chi connectivity index (χ2n) is 5.83. The van der Waals surface area contributed by atoms with Gasteiger partial charge in [0.1, 0.15) is 5.75 Å². The Balaban J connectivity index is 1.59. The molecule has 30 heavy (non-hydrogen) atoms. The number of nitrogens with zero attached hydrogens (tertiary/aromatic N) is 1. The maximum absolute atomic E-state index is 12.0. The van der Waals surface area contributed by atoms with Crippen molar-refractivity contribution in [3.8, 4) is 17.2 Å². The highest BCUT2D eigenvalue weighted by Crippen LogP contribution is 2.28. The molecular formula is C21H19N3O5S. The number of carbonyl (C=O) groups excluding carboxylic acids is 1. The lowest BCUT2D eigenvalue weighted by molar-refractivity contribution is 0.0696. The van der Waals surface area contributed by atoms with Gasteiger partial charge in [-0.2, -0.15) is 5.10 Å². The zero-order valence-electron chi connectivity index (χ0n) is 16.2. The van der Waals surface area contributed by atoms with Crippen LogP contribution in [0.4, 0.5) is 5.69 Å². The molecule has 0 aliphatic carbocycles. The van der Waals surface area contributed by atoms with Crippen LogP contribution in [0.2, 0.25) is 0 Å². The number of hydrogen-bond acceptors (Lipinski definition) is 7. The Hall–Kier alpha value is -3.85. The molecule has 0 radical (unpaired) electrons. The second-order valence-corrected chi connectivity index (χ2v) is 6.24. The van der Waals surface area contributed by atoms with Crippen molar-refractivity contribution in [2.45, 2.75) is 0 Å². The van der Waals surface area contributed by atoms with E-state index in [2.05, 4.69) is 15.8 Å². The predicted molar refractivity (Wildman–Crippen MR) is 117 cm³/mol. The van der Waals surface area contributed by atoms with Gasteiger partial charge in [-0.1, -0.05) is 6.07 Å². The van der Waals surface area contributed by atoms with Crippen LogP contribution >= 0.6 is 12.2 Å². The molecule has 3 aromatic rings. The summed E-state index contributed by atoms with van der Waals surface area (Å²) in [5, 5.41) is 7.42. The van der Waals surface area contributed by atoms with Crippen LogP contribution in [0.15, 0.2) is 70.4 Å². The number of furan rings is 1. The van der Waals surface area contributed by atoms with Gasteiger partial charge in [0.05, 0.1) is 26.7 Å². The van der Waals surface area contributed by atoms with Crippen molar-refractivity contribution in [1.29, 1.82) is 0 Å². The molecule has 1 heterocycles. The molecule has 0 aliphatic heterocycles. The van der Waals surface area contributed by atoms with E-state index in [4.69, 9.17) is 30.8 Å². The van der Waals surface area contributed by atoms with Crippen molar-refractivity contribution in [1.82, 2.24) is 5.43 Å². The summed E-state index contributed by atoms with van der Waals surface area (Å²) in [6, 6.07) is 15.5. The van der Waals surface area contributed by atoms with Gasteiger partial charge >= 0.3 is 5.97 Å². The zero-order chi connectivity index (χ0) is 21.3. The number of hydrogen-bond donors (Lipinski definition) is 2. The van der Waals surface area contributed by atoms with E-state index in [-0.39, 0.29) is 11.5 Å². The fourth-order valence-corrected chi connectivity index (χ4v) is 2.59. The van der Waals surface area contributed by atoms with E-state index in [1.807, 2.05) is 24.3 Å². The van der Waals surface area contributed by atoms with Crippen molar-refractivity contribution in [2.24, 2.45) is 5.10 Å². The number of methoxy groups -OCH3 is 2. The number of hydrazone groups is 1. The summed E-state index contributed by atoms with van der Waals surface area (Å²) in [6.07, 6.45) is 2.95. The lowest BCUT2D eigenvalue weighted by Gasteiger charge is -2.09. The molecule has 8 nitrogen and oxygen atoms in total. The molecule has 0 fully saturated rings. The molecule has 0 spiro atoms. The molecule has 154 valence electrons. The van der Waals surface area contributed by atoms with Crippen molar-refractivity contribution < 1.29 is 23.4 Å². The van der Waals surface area contributed by atoms with Gasteiger partial charge in [-0.3, -0.25) is 5.43 Å². The third-order valence-electron chi connectivity index (χ3n) is 3.82. The maximum atomic E-state index is 12.0. The van der Waals surface area contributed by atoms with Crippen molar-refractivity contribution >= 4 is 35.2 Å². The Morgan fingerprint density at radius 1 is 1.07 bits per heavy atom. The molecule has 0 bridgehead atoms. The summed E-state index contributed by atoms with van der Waals surface area (Å²) < 4.78 is 20.8. The standard InChI is InChI=1S/C21H19N3O5S/c1-26-16-6-3-5-15(12-16)23-21(30)24-22-13-14-8-9-17(19(11-14)27-2)29-20(25)18-7-4-10-28-18/h3-13H,1-2H3,(H2,23,24,30). The molecule has 0 amide bonds. The largest absolute Gasteiger partial charge is 0.497 e. The van der Waals surface area contributed by atoms with Crippen LogP contribution in [-0.2, 0) is 0 Å². The smallest absolute Gasteiger partial charge is 0.379 e. The Bertz CT molecular complexity index is 1050. The third kappa shape index (κ3) is 5.58. The highest BCUT2D eigenvalue weighted by molar-refractivity contribution is 7.80. The van der Waals surface area contributed by atoms with Crippen LogP contribution in [0, 0.1) is 0 Å². The maximum Gasteiger partial charge on any atom is 0.379 e. The van der Waals surface area contributed by atoms with Crippen LogP contribution < -0.4 is 25.0 Å². The van der Waals surface area contributed by atoms with E-state index in [0.717, 1.165) is 5.69 Å². The first-order chi connectivity index (χ1) is 14.6. The summed E-state index contributed by atoms with van der Waals surface area (Å²) in [5.74, 6) is 0.834. The number of thiocarbonyl (C=S) groups is 1. The second kappa shape index (κ2) is 10.1. The van der Waals surface area contributed by atoms with E-state index in [1.54, 1.807) is 37.6 Å². The van der Waals surface area contributed by atoms with Crippen molar-refractivity contribution in [2.75, 3.05) is 19.5 Å². The summed E-state index contributed by atoms with van der Waals surface area (Å²) in [7, 11) is 3.07. The molecule has 0 aliphatic rings. The Kier molecular flexibility index (Phi) is 7.01. The summed E-state index contributed by atoms with van der Waals surface area (Å²) >= 11 is 5.22. The van der Waals surface area contributed by atoms with Gasteiger partial charge in [-0.05, 0) is 60.2 Å². The molecule has 3 rings (SSSR count). The predicted octanol–water partition coefficient (Wildman–Crippen LogP) is 3.84. The minimum absolute atomic E-state index is 0.101. The monoisotopic (exact) mass is 425 g/mol. The molecule has 2 N–H and O–H groups in total. The first kappa shape index (κ1) is 20.9. The first-order valence-electron chi connectivity index (χ1n) is 8.77. The summed E-state index contributed by atoms with van der Waals surface area (Å²) in [5.41, 5.74) is 4.21. The fraction of sp³-hybridized carbons (Fsp3) is 0.0952. The van der Waals surface area contributed by atoms with Gasteiger partial charge in [0.25, 0.3) is 0 Å². The van der Waals surface area contributed by atoms with E-state index >= 15 is 0 Å². The van der Waals surface area contributed by atoms with Gasteiger partial charge < -0.3 is 23.9 Å². The lowest BCUT2D eigenvalue weighted by Crippen LogP contribution is -2.23. The molecule has 1 aromatic heterocycles. The molecule has 0 saturated carbocycles. The Morgan fingerprint density at radius 3 is 2.67 bits per heavy atom. The van der Waals surface area contributed by atoms with Crippen molar-refractivity contribution in [3.05, 3.63) is 72.2 Å². The summed E-state index contributed by atoms with van der Waals surface area (Å²) in [4.78, 5) is 12.0. The van der Waals surface area contributed by atoms with Crippen LogP contribution in [0.25, 0.3) is 0 Å². The quantitative estimate of drug-likeness (QED) is 0.194. The number of benzene rings is 2. The normalized spacial score (nSPS) is 10.5. The summed E-state index contributed by atoms with van der Waals surface area (Å²) in [6.45, 7) is 0. The third-order valence-corrected chi connectivity index (χ3v) is 4.01. The molecule has 0 saturated heterocycles. The van der Waals surface area contributed by atoms with Crippen LogP contribution in [0.3, 0.4) is 0 Å². The van der Waals surface area contributed by atoms with Gasteiger partial charge in [0, 0.05) is 11.8 Å². The number of anilines is 1. The molecule has 0 atom stereocenters. The van der Waals surface area contributed by atoms with Gasteiger partial charge in [0.2, 0.25) is 5.76 Å². The number of esters is 1. The highest BCUT2D eigenvalue weighted by atomic mass is 32.1. The average molecular weight is 425 g/mol. The van der Waals surface area contributed by atoms with Crippen molar-refractivity contribution in [3.63, 3.8) is 0 Å². The van der Waals surface area contributed by atoms with Gasteiger partial charge in [0.15, 0.2) is 16.6 Å². The first-order valence-corrected chi connectivity index (χ1v) is 9.17. The lowest BCUT2D eigenvalue weighted by atomic mass is 10.2. The number of ether oxygens (including phenoxy) is 3. The minimum Gasteiger partial charge on any atom is -0.497 e. The SMILES string of the molecule is COc1cccc(NC(=S)NN=Cc2ccc(OC(=O)c3ccco3)c(OC)c2)c1. The fourth-order valence-electron chi connectivity index (χ4n) is 2.42. The number of rotatable bonds is 7. The van der Waals surface area contributed by atoms with E-state index in [0.29, 0.717) is 22.2 Å². The zero-order valence-corrected chi connectivity index (χ0v) is 17.1. The Labute approximate surface area is 178 Å². The van der Waals surface area contributed by atoms with E-state index in [1.165, 1.54) is 19.4 Å². The molecule has 9 heteroatoms. The van der Waals surface area contributed by atoms with Crippen LogP contribution in [0.1, 0.15) is 16.1 Å². The molecule has 2 aromatic carbocycles.